The average molecular weight is 280 g/mol. The topological polar surface area (TPSA) is 63.3 Å². The molecule has 0 aliphatic rings. The minimum atomic E-state index is -2.25. The zero-order chi connectivity index (χ0) is 14.0. The summed E-state index contributed by atoms with van der Waals surface area (Å²) in [6.07, 6.45) is 0. The van der Waals surface area contributed by atoms with Crippen LogP contribution < -0.4 is 5.73 Å². The van der Waals surface area contributed by atoms with Crippen molar-refractivity contribution in [1.82, 2.24) is 0 Å². The number of hydrogen-bond donors (Lipinski definition) is 2. The third-order valence-corrected chi connectivity index (χ3v) is 3.10. The van der Waals surface area contributed by atoms with Crippen LogP contribution in [0, 0.1) is 5.82 Å². The second-order valence-electron chi connectivity index (χ2n) is 4.06. The van der Waals surface area contributed by atoms with Crippen LogP contribution in [0.25, 0.3) is 0 Å². The van der Waals surface area contributed by atoms with Gasteiger partial charge < -0.3 is 10.8 Å². The fourth-order valence-electron chi connectivity index (χ4n) is 1.88. The summed E-state index contributed by atoms with van der Waals surface area (Å²) >= 11 is 5.79. The maximum absolute atomic E-state index is 13.9. The van der Waals surface area contributed by atoms with Gasteiger partial charge in [-0.15, -0.1) is 0 Å². The molecule has 3 N–H and O–H groups in total. The van der Waals surface area contributed by atoms with Crippen molar-refractivity contribution >= 4 is 17.5 Å². The summed E-state index contributed by atoms with van der Waals surface area (Å²) in [5.74, 6) is -1.82. The van der Waals surface area contributed by atoms with Crippen LogP contribution >= 0.6 is 11.6 Å². The van der Waals surface area contributed by atoms with Crippen LogP contribution in [0.4, 0.5) is 4.39 Å². The molecule has 1 amide bonds. The van der Waals surface area contributed by atoms with Gasteiger partial charge in [0.15, 0.2) is 5.60 Å². The van der Waals surface area contributed by atoms with Gasteiger partial charge >= 0.3 is 0 Å². The van der Waals surface area contributed by atoms with E-state index in [2.05, 4.69) is 0 Å². The number of carbonyl (C=O) groups is 1. The minimum absolute atomic E-state index is 0.184. The Labute approximate surface area is 114 Å². The van der Waals surface area contributed by atoms with Gasteiger partial charge in [-0.1, -0.05) is 41.9 Å². The zero-order valence-corrected chi connectivity index (χ0v) is 10.6. The van der Waals surface area contributed by atoms with Crippen molar-refractivity contribution in [2.45, 2.75) is 5.60 Å². The molecule has 0 saturated carbocycles. The summed E-state index contributed by atoms with van der Waals surface area (Å²) in [4.78, 5) is 11.6. The highest BCUT2D eigenvalue weighted by atomic mass is 35.5. The number of carbonyl (C=O) groups excluding carboxylic acids is 1. The monoisotopic (exact) mass is 279 g/mol. The molecule has 98 valence electrons. The van der Waals surface area contributed by atoms with E-state index in [0.29, 0.717) is 0 Å². The Morgan fingerprint density at radius 1 is 1.21 bits per heavy atom. The van der Waals surface area contributed by atoms with Crippen LogP contribution in [0.15, 0.2) is 48.5 Å². The molecule has 0 spiro atoms. The molecule has 19 heavy (non-hydrogen) atoms. The first-order valence-electron chi connectivity index (χ1n) is 5.49. The van der Waals surface area contributed by atoms with E-state index in [-0.39, 0.29) is 16.1 Å². The smallest absolute Gasteiger partial charge is 0.258 e. The lowest BCUT2D eigenvalue weighted by molar-refractivity contribution is -0.133. The molecule has 0 heterocycles. The van der Waals surface area contributed by atoms with Gasteiger partial charge in [0.25, 0.3) is 5.91 Å². The van der Waals surface area contributed by atoms with Crippen molar-refractivity contribution in [3.8, 4) is 0 Å². The van der Waals surface area contributed by atoms with E-state index in [9.17, 15) is 14.3 Å². The van der Waals surface area contributed by atoms with Crippen molar-refractivity contribution in [3.05, 3.63) is 70.5 Å². The molecule has 0 bridgehead atoms. The largest absolute Gasteiger partial charge is 0.372 e. The van der Waals surface area contributed by atoms with E-state index in [0.717, 1.165) is 6.07 Å². The van der Waals surface area contributed by atoms with Crippen LogP contribution in [-0.4, -0.2) is 11.0 Å². The predicted molar refractivity (Wildman–Crippen MR) is 70.0 cm³/mol. The van der Waals surface area contributed by atoms with Crippen molar-refractivity contribution in [2.24, 2.45) is 5.73 Å². The quantitative estimate of drug-likeness (QED) is 0.905. The normalized spacial score (nSPS) is 13.8. The van der Waals surface area contributed by atoms with Gasteiger partial charge in [-0.3, -0.25) is 4.79 Å². The average Bonchev–Trinajstić information content (AvgIpc) is 2.41. The third-order valence-electron chi connectivity index (χ3n) is 2.87. The van der Waals surface area contributed by atoms with Gasteiger partial charge in [0.1, 0.15) is 5.82 Å². The first-order valence-corrected chi connectivity index (χ1v) is 5.87. The maximum atomic E-state index is 13.9. The Bertz CT molecular complexity index is 618. The SMILES string of the molecule is NC(=O)C(O)(c1ccccc1)c1cc(Cl)ccc1F. The predicted octanol–water partition coefficient (Wildman–Crippen LogP) is 2.20. The second kappa shape index (κ2) is 4.99. The van der Waals surface area contributed by atoms with Gasteiger partial charge in [0.05, 0.1) is 0 Å². The molecule has 0 fully saturated rings. The molecular formula is C14H11ClFNO2. The molecule has 2 rings (SSSR count). The van der Waals surface area contributed by atoms with Crippen LogP contribution in [0.5, 0.6) is 0 Å². The highest BCUT2D eigenvalue weighted by Crippen LogP contribution is 2.32. The highest BCUT2D eigenvalue weighted by molar-refractivity contribution is 6.30. The summed E-state index contributed by atoms with van der Waals surface area (Å²) in [5, 5.41) is 10.8. The van der Waals surface area contributed by atoms with Crippen molar-refractivity contribution in [3.63, 3.8) is 0 Å². The zero-order valence-electron chi connectivity index (χ0n) is 9.81. The number of hydrogen-bond acceptors (Lipinski definition) is 2. The number of amides is 1. The van der Waals surface area contributed by atoms with Crippen LogP contribution in [0.2, 0.25) is 5.02 Å². The molecular weight excluding hydrogens is 269 g/mol. The summed E-state index contributed by atoms with van der Waals surface area (Å²) in [7, 11) is 0. The molecule has 0 radical (unpaired) electrons. The van der Waals surface area contributed by atoms with E-state index in [1.54, 1.807) is 18.2 Å². The Kier molecular flexibility index (Phi) is 3.55. The molecule has 1 unspecified atom stereocenters. The summed E-state index contributed by atoms with van der Waals surface area (Å²) in [6.45, 7) is 0. The van der Waals surface area contributed by atoms with Gasteiger partial charge in [0, 0.05) is 10.6 Å². The number of rotatable bonds is 3. The lowest BCUT2D eigenvalue weighted by Crippen LogP contribution is -2.42. The van der Waals surface area contributed by atoms with Crippen LogP contribution in [0.1, 0.15) is 11.1 Å². The summed E-state index contributed by atoms with van der Waals surface area (Å²) < 4.78 is 13.9. The number of nitrogens with two attached hydrogens (primary N) is 1. The molecule has 2 aromatic rings. The number of primary amides is 1. The molecule has 1 atom stereocenters. The third kappa shape index (κ3) is 2.32. The van der Waals surface area contributed by atoms with Crippen LogP contribution in [0.3, 0.4) is 0 Å². The molecule has 0 saturated heterocycles. The fraction of sp³-hybridized carbons (Fsp3) is 0.0714. The highest BCUT2D eigenvalue weighted by Gasteiger charge is 2.40. The van der Waals surface area contributed by atoms with E-state index >= 15 is 0 Å². The standard InChI is InChI=1S/C14H11ClFNO2/c15-10-6-7-12(16)11(8-10)14(19,13(17)18)9-4-2-1-3-5-9/h1-8,19H,(H2,17,18). The molecule has 0 aliphatic heterocycles. The molecule has 0 aliphatic carbocycles. The Balaban J connectivity index is 2.70. The van der Waals surface area contributed by atoms with E-state index in [1.807, 2.05) is 0 Å². The van der Waals surface area contributed by atoms with Crippen molar-refractivity contribution in [1.29, 1.82) is 0 Å². The lowest BCUT2D eigenvalue weighted by atomic mass is 9.85. The van der Waals surface area contributed by atoms with Gasteiger partial charge in [0.2, 0.25) is 0 Å². The molecule has 2 aromatic carbocycles. The van der Waals surface area contributed by atoms with E-state index in [1.165, 1.54) is 24.3 Å². The number of benzene rings is 2. The molecule has 3 nitrogen and oxygen atoms in total. The first-order chi connectivity index (χ1) is 8.96. The Morgan fingerprint density at radius 3 is 2.42 bits per heavy atom. The lowest BCUT2D eigenvalue weighted by Gasteiger charge is -2.26. The number of halogens is 2. The van der Waals surface area contributed by atoms with Gasteiger partial charge in [-0.2, -0.15) is 0 Å². The number of aliphatic hydroxyl groups is 1. The summed E-state index contributed by atoms with van der Waals surface area (Å²) in [5.41, 5.74) is 2.92. The summed E-state index contributed by atoms with van der Waals surface area (Å²) in [6, 6.07) is 11.5. The van der Waals surface area contributed by atoms with Gasteiger partial charge in [-0.05, 0) is 23.8 Å². The van der Waals surface area contributed by atoms with Crippen LogP contribution in [-0.2, 0) is 10.4 Å². The van der Waals surface area contributed by atoms with Crippen molar-refractivity contribution in [2.75, 3.05) is 0 Å². The second-order valence-corrected chi connectivity index (χ2v) is 4.50. The van der Waals surface area contributed by atoms with E-state index < -0.39 is 17.3 Å². The fourth-order valence-corrected chi connectivity index (χ4v) is 2.06. The Hall–Kier alpha value is -1.91. The van der Waals surface area contributed by atoms with E-state index in [4.69, 9.17) is 17.3 Å². The first kappa shape index (κ1) is 13.5. The van der Waals surface area contributed by atoms with Gasteiger partial charge in [-0.25, -0.2) is 4.39 Å². The minimum Gasteiger partial charge on any atom is -0.372 e. The molecule has 5 heteroatoms. The Morgan fingerprint density at radius 2 is 1.84 bits per heavy atom. The molecule has 0 aromatic heterocycles. The maximum Gasteiger partial charge on any atom is 0.258 e. The van der Waals surface area contributed by atoms with Crippen molar-refractivity contribution < 1.29 is 14.3 Å².